The van der Waals surface area contributed by atoms with Gasteiger partial charge in [0.05, 0.1) is 0 Å². The SMILES string of the molecule is COC(C)C(=O)N1CCN(S(=O)(=O)c2c(C)oc(C)c2C(=O)O)CC1. The molecule has 1 fully saturated rings. The van der Waals surface area contributed by atoms with E-state index in [9.17, 15) is 23.1 Å². The number of aryl methyl sites for hydroxylation is 2. The molecule has 1 amide bonds. The maximum Gasteiger partial charge on any atom is 0.340 e. The van der Waals surface area contributed by atoms with Gasteiger partial charge in [-0.1, -0.05) is 0 Å². The van der Waals surface area contributed by atoms with Gasteiger partial charge < -0.3 is 19.2 Å². The highest BCUT2D eigenvalue weighted by molar-refractivity contribution is 7.89. The smallest absolute Gasteiger partial charge is 0.340 e. The minimum Gasteiger partial charge on any atom is -0.478 e. The molecule has 9 nitrogen and oxygen atoms in total. The van der Waals surface area contributed by atoms with Crippen molar-refractivity contribution < 1.29 is 32.3 Å². The van der Waals surface area contributed by atoms with Gasteiger partial charge in [0.2, 0.25) is 10.0 Å². The number of hydrogen-bond donors (Lipinski definition) is 1. The van der Waals surface area contributed by atoms with Crippen molar-refractivity contribution in [3.05, 3.63) is 17.1 Å². The highest BCUT2D eigenvalue weighted by Crippen LogP contribution is 2.29. The number of carbonyl (C=O) groups is 2. The number of piperazine rings is 1. The maximum absolute atomic E-state index is 12.9. The quantitative estimate of drug-likeness (QED) is 0.795. The third-order valence-electron chi connectivity index (χ3n) is 4.27. The molecule has 1 atom stereocenters. The van der Waals surface area contributed by atoms with Gasteiger partial charge in [-0.25, -0.2) is 13.2 Å². The lowest BCUT2D eigenvalue weighted by atomic mass is 10.2. The average Bonchev–Trinajstić information content (AvgIpc) is 2.88. The fourth-order valence-corrected chi connectivity index (χ4v) is 4.65. The summed E-state index contributed by atoms with van der Waals surface area (Å²) in [6, 6.07) is 0. The van der Waals surface area contributed by atoms with E-state index in [2.05, 4.69) is 0 Å². The summed E-state index contributed by atoms with van der Waals surface area (Å²) in [6.45, 7) is 5.04. The van der Waals surface area contributed by atoms with Crippen LogP contribution in [0.1, 0.15) is 28.8 Å². The Hall–Kier alpha value is -1.91. The Kier molecular flexibility index (Phi) is 5.55. The van der Waals surface area contributed by atoms with Crippen LogP contribution in [0.15, 0.2) is 9.31 Å². The summed E-state index contributed by atoms with van der Waals surface area (Å²) in [5.41, 5.74) is -0.344. The lowest BCUT2D eigenvalue weighted by Gasteiger charge is -2.35. The summed E-state index contributed by atoms with van der Waals surface area (Å²) in [7, 11) is -2.60. The van der Waals surface area contributed by atoms with E-state index < -0.39 is 22.1 Å². The van der Waals surface area contributed by atoms with Crippen LogP contribution in [-0.4, -0.2) is 74.0 Å². The van der Waals surface area contributed by atoms with Crippen LogP contribution in [0.5, 0.6) is 0 Å². The minimum absolute atomic E-state index is 0.0430. The zero-order chi connectivity index (χ0) is 18.9. The van der Waals surface area contributed by atoms with E-state index in [1.54, 1.807) is 6.92 Å². The van der Waals surface area contributed by atoms with Crippen molar-refractivity contribution in [2.24, 2.45) is 0 Å². The summed E-state index contributed by atoms with van der Waals surface area (Å²) >= 11 is 0. The molecule has 1 aromatic heterocycles. The number of sulfonamides is 1. The van der Waals surface area contributed by atoms with Crippen LogP contribution in [0.3, 0.4) is 0 Å². The molecule has 1 N–H and O–H groups in total. The molecule has 0 aliphatic carbocycles. The number of ether oxygens (including phenoxy) is 1. The number of nitrogens with zero attached hydrogens (tertiary/aromatic N) is 2. The first-order valence-corrected chi connectivity index (χ1v) is 9.20. The Labute approximate surface area is 146 Å². The van der Waals surface area contributed by atoms with Crippen LogP contribution in [0.2, 0.25) is 0 Å². The number of hydrogen-bond acceptors (Lipinski definition) is 6. The van der Waals surface area contributed by atoms with E-state index in [-0.39, 0.29) is 54.1 Å². The molecule has 25 heavy (non-hydrogen) atoms. The van der Waals surface area contributed by atoms with Gasteiger partial charge in [-0.05, 0) is 20.8 Å². The number of rotatable bonds is 5. The second-order valence-corrected chi connectivity index (χ2v) is 7.71. The van der Waals surface area contributed by atoms with Gasteiger partial charge in [0.25, 0.3) is 5.91 Å². The molecule has 10 heteroatoms. The Morgan fingerprint density at radius 3 is 2.20 bits per heavy atom. The molecular weight excluding hydrogens is 352 g/mol. The molecule has 0 aromatic carbocycles. The van der Waals surface area contributed by atoms with Gasteiger partial charge in [0.1, 0.15) is 28.1 Å². The standard InChI is InChI=1S/C15H22N2O7S/c1-9-12(15(19)20)13(10(2)24-9)25(21,22)17-7-5-16(6-8-17)14(18)11(3)23-4/h11H,5-8H2,1-4H3,(H,19,20). The van der Waals surface area contributed by atoms with E-state index in [4.69, 9.17) is 9.15 Å². The maximum atomic E-state index is 12.9. The summed E-state index contributed by atoms with van der Waals surface area (Å²) in [6.07, 6.45) is -0.597. The van der Waals surface area contributed by atoms with Crippen LogP contribution in [0.25, 0.3) is 0 Å². The van der Waals surface area contributed by atoms with Crippen molar-refractivity contribution in [2.45, 2.75) is 31.8 Å². The predicted molar refractivity (Wildman–Crippen MR) is 87.0 cm³/mol. The van der Waals surface area contributed by atoms with E-state index in [0.29, 0.717) is 0 Å². The van der Waals surface area contributed by atoms with E-state index in [0.717, 1.165) is 0 Å². The minimum atomic E-state index is -4.03. The largest absolute Gasteiger partial charge is 0.478 e. The highest BCUT2D eigenvalue weighted by atomic mass is 32.2. The third-order valence-corrected chi connectivity index (χ3v) is 6.32. The Morgan fingerprint density at radius 1 is 1.16 bits per heavy atom. The average molecular weight is 374 g/mol. The molecule has 0 saturated carbocycles. The van der Waals surface area contributed by atoms with Gasteiger partial charge in [-0.15, -0.1) is 0 Å². The number of carboxylic acid groups (broad SMARTS) is 1. The van der Waals surface area contributed by atoms with Gasteiger partial charge in [-0.2, -0.15) is 4.31 Å². The lowest BCUT2D eigenvalue weighted by molar-refractivity contribution is -0.142. The molecule has 0 spiro atoms. The van der Waals surface area contributed by atoms with Gasteiger partial charge in [0.15, 0.2) is 0 Å². The summed E-state index contributed by atoms with van der Waals surface area (Å²) in [5.74, 6) is -1.47. The fraction of sp³-hybridized carbons (Fsp3) is 0.600. The third kappa shape index (κ3) is 3.55. The first-order chi connectivity index (χ1) is 11.6. The predicted octanol–water partition coefficient (Wildman–Crippen LogP) is 0.462. The second-order valence-electron chi connectivity index (χ2n) is 5.83. The molecule has 2 rings (SSSR count). The summed E-state index contributed by atoms with van der Waals surface area (Å²) in [4.78, 5) is 24.7. The molecular formula is C15H22N2O7S. The monoisotopic (exact) mass is 374 g/mol. The van der Waals surface area contributed by atoms with Crippen molar-refractivity contribution >= 4 is 21.9 Å². The molecule has 1 aliphatic rings. The summed E-state index contributed by atoms with van der Waals surface area (Å²) in [5, 5.41) is 9.31. The molecule has 1 aromatic rings. The van der Waals surface area contributed by atoms with Crippen molar-refractivity contribution in [1.82, 2.24) is 9.21 Å². The van der Waals surface area contributed by atoms with Gasteiger partial charge >= 0.3 is 5.97 Å². The molecule has 1 saturated heterocycles. The zero-order valence-corrected chi connectivity index (χ0v) is 15.4. The molecule has 2 heterocycles. The molecule has 0 radical (unpaired) electrons. The number of carbonyl (C=O) groups excluding carboxylic acids is 1. The topological polar surface area (TPSA) is 117 Å². The first-order valence-electron chi connectivity index (χ1n) is 7.76. The molecule has 1 aliphatic heterocycles. The number of carboxylic acids is 1. The molecule has 0 bridgehead atoms. The van der Waals surface area contributed by atoms with Gasteiger partial charge in [-0.3, -0.25) is 4.79 Å². The van der Waals surface area contributed by atoms with Crippen molar-refractivity contribution in [3.63, 3.8) is 0 Å². The van der Waals surface area contributed by atoms with Crippen molar-refractivity contribution in [3.8, 4) is 0 Å². The normalized spacial score (nSPS) is 17.5. The van der Waals surface area contributed by atoms with Crippen LogP contribution < -0.4 is 0 Å². The van der Waals surface area contributed by atoms with Gasteiger partial charge in [0, 0.05) is 33.3 Å². The number of methoxy groups -OCH3 is 1. The zero-order valence-electron chi connectivity index (χ0n) is 14.6. The second kappa shape index (κ2) is 7.14. The molecule has 1 unspecified atom stereocenters. The van der Waals surface area contributed by atoms with Crippen LogP contribution >= 0.6 is 0 Å². The van der Waals surface area contributed by atoms with Crippen LogP contribution in [0.4, 0.5) is 0 Å². The Morgan fingerprint density at radius 2 is 1.72 bits per heavy atom. The Bertz CT molecular complexity index is 776. The fourth-order valence-electron chi connectivity index (χ4n) is 2.86. The number of furan rings is 1. The lowest BCUT2D eigenvalue weighted by Crippen LogP contribution is -2.52. The Balaban J connectivity index is 2.24. The number of amides is 1. The van der Waals surface area contributed by atoms with E-state index in [1.807, 2.05) is 0 Å². The highest BCUT2D eigenvalue weighted by Gasteiger charge is 2.37. The molecule has 140 valence electrons. The number of aromatic carboxylic acids is 1. The van der Waals surface area contributed by atoms with E-state index >= 15 is 0 Å². The van der Waals surface area contributed by atoms with Crippen molar-refractivity contribution in [2.75, 3.05) is 33.3 Å². The van der Waals surface area contributed by atoms with Crippen LogP contribution in [0, 0.1) is 13.8 Å². The van der Waals surface area contributed by atoms with E-state index in [1.165, 1.54) is 30.2 Å². The summed E-state index contributed by atoms with van der Waals surface area (Å²) < 4.78 is 37.2. The van der Waals surface area contributed by atoms with Crippen molar-refractivity contribution in [1.29, 1.82) is 0 Å². The van der Waals surface area contributed by atoms with Crippen LogP contribution in [-0.2, 0) is 19.6 Å². The first kappa shape index (κ1) is 19.4.